The van der Waals surface area contributed by atoms with E-state index < -0.39 is 11.6 Å². The lowest BCUT2D eigenvalue weighted by Crippen LogP contribution is -2.09. The van der Waals surface area contributed by atoms with Crippen LogP contribution < -0.4 is 20.1 Å². The standard InChI is InChI=1S/C19H22F2N6O2/c1-5-29-11-6-13(20)12(14(21)7-11)9-27-10-15(26(2)3)17(25-27)19-23-8-16(28-4)18(22)24-19/h6-8,10H,5,9H2,1-4H3,(H2,22,23,24). The topological polar surface area (TPSA) is 91.3 Å². The number of aromatic nitrogens is 4. The molecule has 2 N–H and O–H groups in total. The maximum Gasteiger partial charge on any atom is 0.184 e. The average Bonchev–Trinajstić information content (AvgIpc) is 3.09. The lowest BCUT2D eigenvalue weighted by molar-refractivity contribution is 0.335. The summed E-state index contributed by atoms with van der Waals surface area (Å²) in [5, 5.41) is 4.42. The van der Waals surface area contributed by atoms with E-state index in [0.29, 0.717) is 23.7 Å². The number of rotatable bonds is 7. The van der Waals surface area contributed by atoms with Crippen molar-refractivity contribution in [3.05, 3.63) is 41.7 Å². The molecule has 0 aliphatic heterocycles. The molecule has 1 aromatic carbocycles. The largest absolute Gasteiger partial charge is 0.494 e. The predicted molar refractivity (Wildman–Crippen MR) is 105 cm³/mol. The molecule has 0 saturated heterocycles. The monoisotopic (exact) mass is 404 g/mol. The Morgan fingerprint density at radius 3 is 2.45 bits per heavy atom. The summed E-state index contributed by atoms with van der Waals surface area (Å²) in [4.78, 5) is 10.2. The molecule has 0 saturated carbocycles. The first-order chi connectivity index (χ1) is 13.8. The molecular weight excluding hydrogens is 382 g/mol. The van der Waals surface area contributed by atoms with Gasteiger partial charge in [0.1, 0.15) is 17.4 Å². The fourth-order valence-electron chi connectivity index (χ4n) is 2.78. The molecule has 0 unspecified atom stereocenters. The lowest BCUT2D eigenvalue weighted by Gasteiger charge is -2.11. The normalized spacial score (nSPS) is 10.8. The van der Waals surface area contributed by atoms with E-state index in [9.17, 15) is 8.78 Å². The summed E-state index contributed by atoms with van der Waals surface area (Å²) >= 11 is 0. The maximum absolute atomic E-state index is 14.4. The fourth-order valence-corrected chi connectivity index (χ4v) is 2.78. The highest BCUT2D eigenvalue weighted by atomic mass is 19.1. The minimum Gasteiger partial charge on any atom is -0.494 e. The minimum absolute atomic E-state index is 0.115. The van der Waals surface area contributed by atoms with Crippen molar-refractivity contribution >= 4 is 11.5 Å². The summed E-state index contributed by atoms with van der Waals surface area (Å²) in [5.74, 6) is -0.482. The van der Waals surface area contributed by atoms with E-state index >= 15 is 0 Å². The molecule has 0 amide bonds. The van der Waals surface area contributed by atoms with Crippen molar-refractivity contribution in [3.63, 3.8) is 0 Å². The Balaban J connectivity index is 1.99. The van der Waals surface area contributed by atoms with Gasteiger partial charge in [-0.3, -0.25) is 4.68 Å². The average molecular weight is 404 g/mol. The first-order valence-electron chi connectivity index (χ1n) is 8.86. The Morgan fingerprint density at radius 1 is 1.21 bits per heavy atom. The van der Waals surface area contributed by atoms with Crippen LogP contribution in [0.1, 0.15) is 12.5 Å². The van der Waals surface area contributed by atoms with Gasteiger partial charge in [0.15, 0.2) is 23.1 Å². The molecule has 0 atom stereocenters. The predicted octanol–water partition coefficient (Wildman–Crippen LogP) is 2.72. The van der Waals surface area contributed by atoms with Crippen LogP contribution in [0, 0.1) is 11.6 Å². The highest BCUT2D eigenvalue weighted by molar-refractivity contribution is 5.70. The summed E-state index contributed by atoms with van der Waals surface area (Å²) in [6.07, 6.45) is 3.11. The SMILES string of the molecule is CCOc1cc(F)c(Cn2cc(N(C)C)c(-c3ncc(OC)c(N)n3)n2)c(F)c1. The number of methoxy groups -OCH3 is 1. The van der Waals surface area contributed by atoms with Crippen LogP contribution in [-0.4, -0.2) is 47.6 Å². The van der Waals surface area contributed by atoms with E-state index in [-0.39, 0.29) is 29.5 Å². The molecule has 2 heterocycles. The van der Waals surface area contributed by atoms with Crippen molar-refractivity contribution < 1.29 is 18.3 Å². The van der Waals surface area contributed by atoms with Gasteiger partial charge in [-0.2, -0.15) is 5.10 Å². The van der Waals surface area contributed by atoms with Gasteiger partial charge >= 0.3 is 0 Å². The van der Waals surface area contributed by atoms with E-state index in [1.165, 1.54) is 18.0 Å². The van der Waals surface area contributed by atoms with Gasteiger partial charge in [-0.05, 0) is 6.92 Å². The van der Waals surface area contributed by atoms with Crippen molar-refractivity contribution in [3.8, 4) is 23.0 Å². The molecule has 0 spiro atoms. The van der Waals surface area contributed by atoms with E-state index in [4.69, 9.17) is 15.2 Å². The van der Waals surface area contributed by atoms with Crippen molar-refractivity contribution in [2.24, 2.45) is 0 Å². The van der Waals surface area contributed by atoms with Crippen molar-refractivity contribution in [1.82, 2.24) is 19.7 Å². The molecule has 0 aliphatic carbocycles. The van der Waals surface area contributed by atoms with Gasteiger partial charge in [0.05, 0.1) is 32.1 Å². The van der Waals surface area contributed by atoms with Gasteiger partial charge in [0.2, 0.25) is 0 Å². The van der Waals surface area contributed by atoms with E-state index in [1.54, 1.807) is 18.0 Å². The van der Waals surface area contributed by atoms with E-state index in [0.717, 1.165) is 12.1 Å². The summed E-state index contributed by atoms with van der Waals surface area (Å²) in [5.41, 5.74) is 6.84. The minimum atomic E-state index is -0.707. The van der Waals surface area contributed by atoms with Crippen molar-refractivity contribution in [2.75, 3.05) is 38.4 Å². The number of ether oxygens (including phenoxy) is 2. The molecular formula is C19H22F2N6O2. The highest BCUT2D eigenvalue weighted by Crippen LogP contribution is 2.29. The Morgan fingerprint density at radius 2 is 1.90 bits per heavy atom. The van der Waals surface area contributed by atoms with E-state index in [1.807, 2.05) is 14.1 Å². The zero-order chi connectivity index (χ0) is 21.1. The maximum atomic E-state index is 14.4. The number of nitrogens with zero attached hydrogens (tertiary/aromatic N) is 5. The second-order valence-electron chi connectivity index (χ2n) is 6.40. The van der Waals surface area contributed by atoms with Crippen molar-refractivity contribution in [2.45, 2.75) is 13.5 Å². The lowest BCUT2D eigenvalue weighted by atomic mass is 10.2. The van der Waals surface area contributed by atoms with Gasteiger partial charge in [-0.25, -0.2) is 18.7 Å². The van der Waals surface area contributed by atoms with Gasteiger partial charge in [0, 0.05) is 38.0 Å². The zero-order valence-electron chi connectivity index (χ0n) is 16.6. The second kappa shape index (κ2) is 8.29. The Bertz CT molecular complexity index is 999. The summed E-state index contributed by atoms with van der Waals surface area (Å²) in [6.45, 7) is 1.94. The highest BCUT2D eigenvalue weighted by Gasteiger charge is 2.19. The number of nitrogen functional groups attached to an aromatic ring is 1. The van der Waals surface area contributed by atoms with Crippen LogP contribution in [0.5, 0.6) is 11.5 Å². The molecule has 0 fully saturated rings. The Labute approximate surface area is 166 Å². The smallest absolute Gasteiger partial charge is 0.184 e. The molecule has 0 radical (unpaired) electrons. The third kappa shape index (κ3) is 4.20. The number of halogens is 2. The molecule has 3 aromatic rings. The summed E-state index contributed by atoms with van der Waals surface area (Å²) in [6, 6.07) is 2.32. The number of anilines is 2. The van der Waals surface area contributed by atoms with Gasteiger partial charge in [0.25, 0.3) is 0 Å². The van der Waals surface area contributed by atoms with Gasteiger partial charge < -0.3 is 20.1 Å². The van der Waals surface area contributed by atoms with Crippen LogP contribution in [0.15, 0.2) is 24.5 Å². The number of benzene rings is 1. The molecule has 3 rings (SSSR count). The quantitative estimate of drug-likeness (QED) is 0.647. The third-order valence-electron chi connectivity index (χ3n) is 4.18. The number of nitrogens with two attached hydrogens (primary N) is 1. The van der Waals surface area contributed by atoms with Crippen LogP contribution >= 0.6 is 0 Å². The zero-order valence-corrected chi connectivity index (χ0v) is 16.6. The molecule has 0 bridgehead atoms. The first kappa shape index (κ1) is 20.3. The van der Waals surface area contributed by atoms with Crippen LogP contribution in [0.2, 0.25) is 0 Å². The number of hydrogen-bond donors (Lipinski definition) is 1. The molecule has 0 aliphatic rings. The molecule has 10 heteroatoms. The number of hydrogen-bond acceptors (Lipinski definition) is 7. The third-order valence-corrected chi connectivity index (χ3v) is 4.18. The second-order valence-corrected chi connectivity index (χ2v) is 6.40. The van der Waals surface area contributed by atoms with Crippen LogP contribution in [0.3, 0.4) is 0 Å². The van der Waals surface area contributed by atoms with Gasteiger partial charge in [-0.15, -0.1) is 0 Å². The van der Waals surface area contributed by atoms with E-state index in [2.05, 4.69) is 15.1 Å². The molecule has 8 nitrogen and oxygen atoms in total. The van der Waals surface area contributed by atoms with Gasteiger partial charge in [-0.1, -0.05) is 0 Å². The Hall–Kier alpha value is -3.43. The fraction of sp³-hybridized carbons (Fsp3) is 0.316. The van der Waals surface area contributed by atoms with Crippen LogP contribution in [0.4, 0.5) is 20.3 Å². The molecule has 29 heavy (non-hydrogen) atoms. The molecule has 154 valence electrons. The Kier molecular flexibility index (Phi) is 5.81. The van der Waals surface area contributed by atoms with Crippen LogP contribution in [0.25, 0.3) is 11.5 Å². The summed E-state index contributed by atoms with van der Waals surface area (Å²) in [7, 11) is 5.10. The first-order valence-corrected chi connectivity index (χ1v) is 8.86. The van der Waals surface area contributed by atoms with Crippen molar-refractivity contribution in [1.29, 1.82) is 0 Å². The van der Waals surface area contributed by atoms with Crippen LogP contribution in [-0.2, 0) is 6.54 Å². The summed E-state index contributed by atoms with van der Waals surface area (Å²) < 4.78 is 40.5. The molecule has 2 aromatic heterocycles.